The van der Waals surface area contributed by atoms with Crippen molar-refractivity contribution in [3.05, 3.63) is 11.8 Å². The fourth-order valence-corrected chi connectivity index (χ4v) is 1.30. The third kappa shape index (κ3) is 2.23. The summed E-state index contributed by atoms with van der Waals surface area (Å²) in [6.07, 6.45) is 2.96. The summed E-state index contributed by atoms with van der Waals surface area (Å²) < 4.78 is 9.50. The lowest BCUT2D eigenvalue weighted by molar-refractivity contribution is -0.139. The first-order valence-electron chi connectivity index (χ1n) is 4.35. The zero-order chi connectivity index (χ0) is 10.1. The summed E-state index contributed by atoms with van der Waals surface area (Å²) >= 11 is 0. The normalized spacial score (nSPS) is 25.2. The van der Waals surface area contributed by atoms with Crippen LogP contribution in [-0.4, -0.2) is 20.2 Å². The Balaban J connectivity index is 2.62. The number of rotatable bonds is 3. The van der Waals surface area contributed by atoms with Gasteiger partial charge in [-0.2, -0.15) is 0 Å². The molecule has 0 aromatic carbocycles. The second kappa shape index (κ2) is 3.40. The molecule has 0 amide bonds. The molecule has 0 aromatic rings. The van der Waals surface area contributed by atoms with Gasteiger partial charge < -0.3 is 9.47 Å². The van der Waals surface area contributed by atoms with Crippen molar-refractivity contribution in [2.75, 3.05) is 14.2 Å². The fourth-order valence-electron chi connectivity index (χ4n) is 1.30. The molecule has 0 radical (unpaired) electrons. The highest BCUT2D eigenvalue weighted by Gasteiger charge is 2.44. The van der Waals surface area contributed by atoms with E-state index in [9.17, 15) is 4.79 Å². The van der Waals surface area contributed by atoms with Gasteiger partial charge in [0.05, 0.1) is 14.2 Å². The molecule has 13 heavy (non-hydrogen) atoms. The summed E-state index contributed by atoms with van der Waals surface area (Å²) in [5, 5.41) is 0. The number of esters is 1. The number of hydrogen-bond donors (Lipinski definition) is 0. The van der Waals surface area contributed by atoms with E-state index in [0.717, 1.165) is 6.42 Å². The highest BCUT2D eigenvalue weighted by molar-refractivity contribution is 5.86. The minimum absolute atomic E-state index is 0.317. The number of methoxy groups -OCH3 is 2. The van der Waals surface area contributed by atoms with Gasteiger partial charge in [-0.1, -0.05) is 13.8 Å². The van der Waals surface area contributed by atoms with E-state index in [1.807, 2.05) is 6.08 Å². The Hall–Kier alpha value is -0.990. The molecule has 1 atom stereocenters. The van der Waals surface area contributed by atoms with Crippen LogP contribution in [0.3, 0.4) is 0 Å². The number of hydrogen-bond acceptors (Lipinski definition) is 3. The molecule has 0 spiro atoms. The Kier molecular flexibility index (Phi) is 2.64. The quantitative estimate of drug-likeness (QED) is 0.380. The van der Waals surface area contributed by atoms with Gasteiger partial charge in [-0.15, -0.1) is 0 Å². The molecule has 1 aliphatic rings. The average Bonchev–Trinajstić information content (AvgIpc) is 2.68. The summed E-state index contributed by atoms with van der Waals surface area (Å²) in [4.78, 5) is 11.1. The number of ether oxygens (including phenoxy) is 2. The van der Waals surface area contributed by atoms with Crippen molar-refractivity contribution in [1.82, 2.24) is 0 Å². The Morgan fingerprint density at radius 3 is 2.23 bits per heavy atom. The molecular formula is C10H16O3. The van der Waals surface area contributed by atoms with Crippen molar-refractivity contribution < 1.29 is 14.3 Å². The Bertz CT molecular complexity index is 241. The van der Waals surface area contributed by atoms with Gasteiger partial charge in [0.2, 0.25) is 5.76 Å². The van der Waals surface area contributed by atoms with Crippen molar-refractivity contribution in [1.29, 1.82) is 0 Å². The lowest BCUT2D eigenvalue weighted by Gasteiger charge is -2.04. The van der Waals surface area contributed by atoms with Crippen LogP contribution in [0.25, 0.3) is 0 Å². The molecule has 0 bridgehead atoms. The van der Waals surface area contributed by atoms with Gasteiger partial charge in [0.25, 0.3) is 0 Å². The van der Waals surface area contributed by atoms with Crippen LogP contribution in [0.2, 0.25) is 0 Å². The lowest BCUT2D eigenvalue weighted by Crippen LogP contribution is -2.07. The first-order valence-corrected chi connectivity index (χ1v) is 4.35. The van der Waals surface area contributed by atoms with E-state index in [4.69, 9.17) is 4.74 Å². The van der Waals surface area contributed by atoms with Gasteiger partial charge in [0, 0.05) is 0 Å². The maximum Gasteiger partial charge on any atom is 0.372 e. The van der Waals surface area contributed by atoms with Crippen LogP contribution < -0.4 is 0 Å². The third-order valence-electron chi connectivity index (χ3n) is 2.55. The average molecular weight is 184 g/mol. The fraction of sp³-hybridized carbons (Fsp3) is 0.700. The molecule has 74 valence electrons. The van der Waals surface area contributed by atoms with Crippen LogP contribution >= 0.6 is 0 Å². The molecule has 1 fully saturated rings. The van der Waals surface area contributed by atoms with Crippen LogP contribution in [0, 0.1) is 11.3 Å². The summed E-state index contributed by atoms with van der Waals surface area (Å²) in [6, 6.07) is 0. The molecule has 3 nitrogen and oxygen atoms in total. The van der Waals surface area contributed by atoms with E-state index in [0.29, 0.717) is 17.1 Å². The van der Waals surface area contributed by atoms with Gasteiger partial charge in [-0.3, -0.25) is 0 Å². The van der Waals surface area contributed by atoms with E-state index >= 15 is 0 Å². The summed E-state index contributed by atoms with van der Waals surface area (Å²) in [5.74, 6) is 0.366. The van der Waals surface area contributed by atoms with Crippen LogP contribution in [-0.2, 0) is 14.3 Å². The molecular weight excluding hydrogens is 168 g/mol. The number of carbonyl (C=O) groups is 1. The lowest BCUT2D eigenvalue weighted by atomic mass is 10.1. The molecule has 0 N–H and O–H groups in total. The van der Waals surface area contributed by atoms with Gasteiger partial charge in [-0.05, 0) is 23.8 Å². The zero-order valence-corrected chi connectivity index (χ0v) is 8.59. The Morgan fingerprint density at radius 2 is 1.92 bits per heavy atom. The highest BCUT2D eigenvalue weighted by atomic mass is 16.6. The van der Waals surface area contributed by atoms with Crippen molar-refractivity contribution in [3.63, 3.8) is 0 Å². The molecule has 0 aliphatic heterocycles. The molecule has 0 aromatic heterocycles. The monoisotopic (exact) mass is 184 g/mol. The van der Waals surface area contributed by atoms with Crippen molar-refractivity contribution in [2.24, 2.45) is 11.3 Å². The van der Waals surface area contributed by atoms with Gasteiger partial charge in [0.15, 0.2) is 0 Å². The van der Waals surface area contributed by atoms with Gasteiger partial charge in [-0.25, -0.2) is 4.79 Å². The molecule has 0 heterocycles. The van der Waals surface area contributed by atoms with E-state index in [1.54, 1.807) is 0 Å². The maximum absolute atomic E-state index is 11.1. The number of allylic oxidation sites excluding steroid dienone is 1. The maximum atomic E-state index is 11.1. The summed E-state index contributed by atoms with van der Waals surface area (Å²) in [6.45, 7) is 4.33. The Morgan fingerprint density at radius 1 is 1.38 bits per heavy atom. The first-order chi connectivity index (χ1) is 6.01. The third-order valence-corrected chi connectivity index (χ3v) is 2.55. The van der Waals surface area contributed by atoms with E-state index < -0.39 is 5.97 Å². The van der Waals surface area contributed by atoms with Crippen LogP contribution in [0.1, 0.15) is 20.3 Å². The first kappa shape index (κ1) is 10.1. The second-order valence-corrected chi connectivity index (χ2v) is 4.03. The summed E-state index contributed by atoms with van der Waals surface area (Å²) in [7, 11) is 2.84. The van der Waals surface area contributed by atoms with Gasteiger partial charge >= 0.3 is 5.97 Å². The predicted molar refractivity (Wildman–Crippen MR) is 49.0 cm³/mol. The molecule has 1 aliphatic carbocycles. The minimum Gasteiger partial charge on any atom is -0.490 e. The van der Waals surface area contributed by atoms with Crippen LogP contribution in [0.15, 0.2) is 11.8 Å². The topological polar surface area (TPSA) is 35.5 Å². The molecule has 1 saturated carbocycles. The predicted octanol–water partition coefficient (Wildman–Crippen LogP) is 1.74. The minimum atomic E-state index is -0.398. The van der Waals surface area contributed by atoms with E-state index in [2.05, 4.69) is 18.6 Å². The molecule has 1 rings (SSSR count). The van der Waals surface area contributed by atoms with Crippen LogP contribution in [0.5, 0.6) is 0 Å². The second-order valence-electron chi connectivity index (χ2n) is 4.03. The van der Waals surface area contributed by atoms with Crippen molar-refractivity contribution >= 4 is 5.97 Å². The standard InChI is InChI=1S/C10H16O3/c1-10(2)6-7(10)5-8(12-3)9(11)13-4/h5,7H,6H2,1-4H3/b8-5+. The Labute approximate surface area is 78.7 Å². The SMILES string of the molecule is COC(=O)/C(=C\C1CC1(C)C)OC. The largest absolute Gasteiger partial charge is 0.490 e. The highest BCUT2D eigenvalue weighted by Crippen LogP contribution is 2.52. The van der Waals surface area contributed by atoms with E-state index in [1.165, 1.54) is 14.2 Å². The number of carbonyl (C=O) groups excluding carboxylic acids is 1. The van der Waals surface area contributed by atoms with E-state index in [-0.39, 0.29) is 0 Å². The molecule has 0 saturated heterocycles. The van der Waals surface area contributed by atoms with Crippen LogP contribution in [0.4, 0.5) is 0 Å². The zero-order valence-electron chi connectivity index (χ0n) is 8.59. The molecule has 3 heteroatoms. The smallest absolute Gasteiger partial charge is 0.372 e. The summed E-state index contributed by atoms with van der Waals surface area (Å²) in [5.41, 5.74) is 0.317. The van der Waals surface area contributed by atoms with Gasteiger partial charge in [0.1, 0.15) is 0 Å². The van der Waals surface area contributed by atoms with Crippen molar-refractivity contribution in [3.8, 4) is 0 Å². The van der Waals surface area contributed by atoms with Crippen molar-refractivity contribution in [2.45, 2.75) is 20.3 Å². The molecule has 1 unspecified atom stereocenters.